The number of nitrogens with two attached hydrogens (primary N) is 1. The van der Waals surface area contributed by atoms with Crippen LogP contribution in [0.25, 0.3) is 11.1 Å². The van der Waals surface area contributed by atoms with E-state index in [9.17, 15) is 9.59 Å². The van der Waals surface area contributed by atoms with Gasteiger partial charge in [0.05, 0.1) is 17.9 Å². The van der Waals surface area contributed by atoms with E-state index in [1.165, 1.54) is 4.57 Å². The Morgan fingerprint density at radius 1 is 0.900 bits per heavy atom. The van der Waals surface area contributed by atoms with Crippen LogP contribution in [-0.2, 0) is 24.1 Å². The number of nitrogens with zero attached hydrogens (tertiary/aromatic N) is 5. The van der Waals surface area contributed by atoms with E-state index < -0.39 is 11.7 Å². The molecule has 210 valence electrons. The van der Waals surface area contributed by atoms with E-state index in [0.717, 1.165) is 54.6 Å². The molecule has 2 aromatic carbocycles. The molecular weight excluding hydrogens is 506 g/mol. The molecule has 0 fully saturated rings. The molecule has 2 aromatic heterocycles. The Morgan fingerprint density at radius 2 is 1.57 bits per heavy atom. The van der Waals surface area contributed by atoms with Gasteiger partial charge in [-0.1, -0.05) is 54.1 Å². The molecule has 2 heterocycles. The predicted molar refractivity (Wildman–Crippen MR) is 154 cm³/mol. The minimum atomic E-state index is -0.598. The van der Waals surface area contributed by atoms with Gasteiger partial charge in [-0.3, -0.25) is 9.48 Å². The summed E-state index contributed by atoms with van der Waals surface area (Å²) in [5, 5.41) is 11.4. The normalized spacial score (nSPS) is 11.4. The molecule has 0 aliphatic rings. The van der Waals surface area contributed by atoms with Gasteiger partial charge in [-0.25, -0.2) is 14.3 Å². The van der Waals surface area contributed by atoms with Crippen molar-refractivity contribution in [2.45, 2.75) is 65.0 Å². The van der Waals surface area contributed by atoms with Crippen LogP contribution >= 0.6 is 0 Å². The molecule has 10 heteroatoms. The summed E-state index contributed by atoms with van der Waals surface area (Å²) in [6.45, 7) is 6.43. The summed E-state index contributed by atoms with van der Waals surface area (Å²) in [6.07, 6.45) is 7.43. The first kappa shape index (κ1) is 28.5. The fourth-order valence-corrected chi connectivity index (χ4v) is 4.20. The second-order valence-corrected chi connectivity index (χ2v) is 10.7. The molecular formula is C30H37N7O3. The number of benzene rings is 2. The van der Waals surface area contributed by atoms with Gasteiger partial charge in [0, 0.05) is 24.5 Å². The molecule has 0 unspecified atom stereocenters. The van der Waals surface area contributed by atoms with Crippen LogP contribution in [0.2, 0.25) is 0 Å². The lowest BCUT2D eigenvalue weighted by Crippen LogP contribution is -2.27. The van der Waals surface area contributed by atoms with E-state index >= 15 is 0 Å². The van der Waals surface area contributed by atoms with E-state index in [0.29, 0.717) is 18.7 Å². The summed E-state index contributed by atoms with van der Waals surface area (Å²) in [6, 6.07) is 17.7. The molecule has 4 aromatic rings. The van der Waals surface area contributed by atoms with Crippen molar-refractivity contribution in [2.24, 2.45) is 0 Å². The molecule has 0 saturated heterocycles. The van der Waals surface area contributed by atoms with Crippen molar-refractivity contribution in [1.82, 2.24) is 29.9 Å². The Hall–Kier alpha value is -4.47. The molecule has 0 saturated carbocycles. The minimum Gasteiger partial charge on any atom is -0.443 e. The molecule has 0 bridgehead atoms. The highest BCUT2D eigenvalue weighted by atomic mass is 16.6. The third-order valence-corrected chi connectivity index (χ3v) is 6.21. The van der Waals surface area contributed by atoms with E-state index in [1.54, 1.807) is 10.9 Å². The minimum absolute atomic E-state index is 0.113. The summed E-state index contributed by atoms with van der Waals surface area (Å²) in [4.78, 5) is 29.0. The van der Waals surface area contributed by atoms with Crippen LogP contribution in [-0.4, -0.2) is 48.7 Å². The number of imidazole rings is 1. The molecule has 10 nitrogen and oxygen atoms in total. The van der Waals surface area contributed by atoms with Crippen LogP contribution in [0.1, 0.15) is 61.8 Å². The maximum absolute atomic E-state index is 12.5. The number of nitrogen functional groups attached to an aromatic ring is 1. The van der Waals surface area contributed by atoms with Gasteiger partial charge in [0.25, 0.3) is 5.91 Å². The number of carbonyl (C=O) groups excluding carboxylic acids is 2. The zero-order valence-corrected chi connectivity index (χ0v) is 23.3. The molecule has 40 heavy (non-hydrogen) atoms. The number of ether oxygens (including phenoxy) is 1. The highest BCUT2D eigenvalue weighted by molar-refractivity contribution is 5.94. The van der Waals surface area contributed by atoms with Crippen LogP contribution < -0.4 is 11.1 Å². The van der Waals surface area contributed by atoms with Crippen molar-refractivity contribution in [3.63, 3.8) is 0 Å². The predicted octanol–water partition coefficient (Wildman–Crippen LogP) is 4.89. The summed E-state index contributed by atoms with van der Waals surface area (Å²) in [5.74, 6) is 0.0238. The van der Waals surface area contributed by atoms with Gasteiger partial charge >= 0.3 is 6.09 Å². The average Bonchev–Trinajstić information content (AvgIpc) is 3.54. The Bertz CT molecular complexity index is 1400. The number of carbonyl (C=O) groups is 2. The third kappa shape index (κ3) is 8.26. The molecule has 0 spiro atoms. The van der Waals surface area contributed by atoms with Gasteiger partial charge in [0.15, 0.2) is 0 Å². The van der Waals surface area contributed by atoms with Crippen LogP contribution in [0, 0.1) is 0 Å². The standard InChI is InChI=1S/C30H37N7O3/c1-30(2,3)40-29(39)37-21-25(33-28(37)31)12-8-5-9-13-26-20-36(35-34-26)19-18-32-27(38)24-16-14-23(15-17-24)22-10-6-4-7-11-22/h4,6-7,10-11,14-17,20-21H,5,8-9,12-13,18-19H2,1-3H3,(H2,31,33)(H,32,38). The van der Waals surface area contributed by atoms with Crippen molar-refractivity contribution in [1.29, 1.82) is 0 Å². The molecule has 0 aliphatic carbocycles. The molecule has 4 rings (SSSR count). The first-order valence-corrected chi connectivity index (χ1v) is 13.6. The van der Waals surface area contributed by atoms with Crippen LogP contribution in [0.15, 0.2) is 67.0 Å². The van der Waals surface area contributed by atoms with Crippen molar-refractivity contribution >= 4 is 17.9 Å². The molecule has 0 aliphatic heterocycles. The summed E-state index contributed by atoms with van der Waals surface area (Å²) >= 11 is 0. The quantitative estimate of drug-likeness (QED) is 0.258. The van der Waals surface area contributed by atoms with Gasteiger partial charge in [0.2, 0.25) is 5.95 Å². The van der Waals surface area contributed by atoms with Crippen molar-refractivity contribution in [2.75, 3.05) is 12.3 Å². The Morgan fingerprint density at radius 3 is 2.27 bits per heavy atom. The Balaban J connectivity index is 1.13. The van der Waals surface area contributed by atoms with Crippen molar-refractivity contribution in [3.05, 3.63) is 83.9 Å². The maximum atomic E-state index is 12.5. The van der Waals surface area contributed by atoms with E-state index in [4.69, 9.17) is 10.5 Å². The van der Waals surface area contributed by atoms with E-state index in [-0.39, 0.29) is 11.9 Å². The zero-order valence-electron chi connectivity index (χ0n) is 23.3. The summed E-state index contributed by atoms with van der Waals surface area (Å²) < 4.78 is 8.36. The van der Waals surface area contributed by atoms with E-state index in [2.05, 4.69) is 20.6 Å². The first-order chi connectivity index (χ1) is 19.2. The van der Waals surface area contributed by atoms with Crippen molar-refractivity contribution in [3.8, 4) is 11.1 Å². The topological polar surface area (TPSA) is 130 Å². The molecule has 1 amide bonds. The lowest BCUT2D eigenvalue weighted by atomic mass is 10.0. The number of amides is 1. The fourth-order valence-electron chi connectivity index (χ4n) is 4.20. The number of unbranched alkanes of at least 4 members (excludes halogenated alkanes) is 2. The molecule has 0 radical (unpaired) electrons. The first-order valence-electron chi connectivity index (χ1n) is 13.6. The van der Waals surface area contributed by atoms with Gasteiger partial charge in [0.1, 0.15) is 5.60 Å². The maximum Gasteiger partial charge on any atom is 0.421 e. The number of hydrogen-bond donors (Lipinski definition) is 2. The number of nitrogens with one attached hydrogen (secondary N) is 1. The van der Waals surface area contributed by atoms with Gasteiger partial charge < -0.3 is 15.8 Å². The zero-order chi connectivity index (χ0) is 28.5. The highest BCUT2D eigenvalue weighted by Crippen LogP contribution is 2.19. The molecule has 0 atom stereocenters. The lowest BCUT2D eigenvalue weighted by Gasteiger charge is -2.19. The second kappa shape index (κ2) is 13.1. The monoisotopic (exact) mass is 543 g/mol. The van der Waals surface area contributed by atoms with Gasteiger partial charge in [-0.15, -0.1) is 5.10 Å². The largest absolute Gasteiger partial charge is 0.443 e. The van der Waals surface area contributed by atoms with Gasteiger partial charge in [-0.2, -0.15) is 0 Å². The van der Waals surface area contributed by atoms with Crippen LogP contribution in [0.3, 0.4) is 0 Å². The number of aryl methyl sites for hydroxylation is 2. The second-order valence-electron chi connectivity index (χ2n) is 10.7. The van der Waals surface area contributed by atoms with E-state index in [1.807, 2.05) is 81.6 Å². The van der Waals surface area contributed by atoms with Crippen molar-refractivity contribution < 1.29 is 14.3 Å². The Labute approximate surface area is 234 Å². The van der Waals surface area contributed by atoms with Crippen LogP contribution in [0.4, 0.5) is 10.7 Å². The van der Waals surface area contributed by atoms with Gasteiger partial charge in [-0.05, 0) is 69.7 Å². The smallest absolute Gasteiger partial charge is 0.421 e. The number of hydrogen-bond acceptors (Lipinski definition) is 7. The number of rotatable bonds is 11. The SMILES string of the molecule is CC(C)(C)OC(=O)n1cc(CCCCCc2cn(CCNC(=O)c3ccc(-c4ccccc4)cc3)nn2)nc1N. The third-order valence-electron chi connectivity index (χ3n) is 6.21. The lowest BCUT2D eigenvalue weighted by molar-refractivity contribution is 0.0540. The number of anilines is 1. The highest BCUT2D eigenvalue weighted by Gasteiger charge is 2.20. The number of aromatic nitrogens is 5. The van der Waals surface area contributed by atoms with Crippen LogP contribution in [0.5, 0.6) is 0 Å². The average molecular weight is 544 g/mol. The Kier molecular flexibility index (Phi) is 9.31. The fraction of sp³-hybridized carbons (Fsp3) is 0.367. The summed E-state index contributed by atoms with van der Waals surface area (Å²) in [7, 11) is 0. The summed E-state index contributed by atoms with van der Waals surface area (Å²) in [5.41, 5.74) is 9.79. The molecule has 3 N–H and O–H groups in total.